The monoisotopic (exact) mass is 164 g/mol. The molecule has 0 aromatic heterocycles. The van der Waals surface area contributed by atoms with Crippen LogP contribution in [0.5, 0.6) is 0 Å². The van der Waals surface area contributed by atoms with Crippen molar-refractivity contribution in [2.75, 3.05) is 5.88 Å². The predicted octanol–water partition coefficient (Wildman–Crippen LogP) is 2.37. The van der Waals surface area contributed by atoms with Crippen LogP contribution in [0.4, 0.5) is 4.39 Å². The summed E-state index contributed by atoms with van der Waals surface area (Å²) < 4.78 is 11.6. The minimum absolute atomic E-state index is 0.0478. The molecule has 0 unspecified atom stereocenters. The Balaban J connectivity index is 3.14. The molecule has 0 radical (unpaired) electrons. The Bertz CT molecular complexity index is 47.4. The third kappa shape index (κ3) is 3.39. The number of alkyl halides is 4. The van der Waals surface area contributed by atoms with Crippen molar-refractivity contribution < 1.29 is 4.39 Å². The van der Waals surface area contributed by atoms with Crippen LogP contribution in [0.3, 0.4) is 0 Å². The molecule has 0 N–H and O–H groups in total. The third-order valence-corrected chi connectivity index (χ3v) is 1.72. The Morgan fingerprint density at radius 1 is 1.43 bits per heavy atom. The van der Waals surface area contributed by atoms with E-state index in [0.717, 1.165) is 0 Å². The van der Waals surface area contributed by atoms with Gasteiger partial charge < -0.3 is 0 Å². The van der Waals surface area contributed by atoms with Crippen LogP contribution in [-0.2, 0) is 0 Å². The van der Waals surface area contributed by atoms with Crippen LogP contribution in [0.1, 0.15) is 0 Å². The molecule has 0 fully saturated rings. The molecule has 0 heterocycles. The smallest absolute Gasteiger partial charge is 0.190 e. The topological polar surface area (TPSA) is 0 Å². The van der Waals surface area contributed by atoms with Gasteiger partial charge >= 0.3 is 0 Å². The molecule has 0 aromatic rings. The lowest BCUT2D eigenvalue weighted by atomic mass is 10.5. The summed E-state index contributed by atoms with van der Waals surface area (Å²) in [5.41, 5.74) is -1.53. The van der Waals surface area contributed by atoms with E-state index in [-0.39, 0.29) is 5.88 Å². The molecule has 4 heteroatoms. The number of halogens is 4. The lowest BCUT2D eigenvalue weighted by molar-refractivity contribution is 0.440. The van der Waals surface area contributed by atoms with Crippen molar-refractivity contribution >= 4 is 34.8 Å². The first kappa shape index (κ1) is 7.80. The van der Waals surface area contributed by atoms with E-state index in [9.17, 15) is 4.39 Å². The summed E-state index contributed by atoms with van der Waals surface area (Å²) in [7, 11) is 0. The molecule has 0 amide bonds. The van der Waals surface area contributed by atoms with Crippen LogP contribution in [0, 0.1) is 0 Å². The van der Waals surface area contributed by atoms with Crippen molar-refractivity contribution in [3.63, 3.8) is 0 Å². The van der Waals surface area contributed by atoms with Gasteiger partial charge in [0.05, 0.1) is 5.38 Å². The van der Waals surface area contributed by atoms with Gasteiger partial charge in [0.1, 0.15) is 0 Å². The Kier molecular flexibility index (Phi) is 4.19. The molecular weight excluding hydrogens is 161 g/mol. The van der Waals surface area contributed by atoms with E-state index >= 15 is 0 Å². The Morgan fingerprint density at radius 3 is 1.86 bits per heavy atom. The molecule has 0 aliphatic rings. The van der Waals surface area contributed by atoms with Gasteiger partial charge in [0.25, 0.3) is 0 Å². The molecule has 44 valence electrons. The largest absolute Gasteiger partial charge is 0.228 e. The summed E-state index contributed by atoms with van der Waals surface area (Å²) >= 11 is 15.1. The lowest BCUT2D eigenvalue weighted by Crippen LogP contribution is -2.10. The van der Waals surface area contributed by atoms with Crippen molar-refractivity contribution in [1.82, 2.24) is 0 Å². The van der Waals surface area contributed by atoms with E-state index in [2.05, 4.69) is 0 Å². The maximum absolute atomic E-state index is 11.6. The zero-order valence-corrected chi connectivity index (χ0v) is 5.64. The maximum atomic E-state index is 11.6. The number of rotatable bonds is 2. The number of hydrogen-bond donors (Lipinski definition) is 0. The van der Waals surface area contributed by atoms with Gasteiger partial charge in [-0.15, -0.1) is 23.2 Å². The van der Waals surface area contributed by atoms with E-state index in [0.29, 0.717) is 0 Å². The van der Waals surface area contributed by atoms with Gasteiger partial charge in [-0.1, -0.05) is 11.6 Å². The van der Waals surface area contributed by atoms with Gasteiger partial charge in [0.2, 0.25) is 0 Å². The van der Waals surface area contributed by atoms with Crippen molar-refractivity contribution in [3.05, 3.63) is 0 Å². The van der Waals surface area contributed by atoms with E-state index in [1.165, 1.54) is 0 Å². The molecule has 0 saturated carbocycles. The Morgan fingerprint density at radius 2 is 1.86 bits per heavy atom. The predicted molar refractivity (Wildman–Crippen MR) is 31.1 cm³/mol. The minimum Gasteiger partial charge on any atom is -0.228 e. The summed E-state index contributed by atoms with van der Waals surface area (Å²) in [4.78, 5) is 0. The van der Waals surface area contributed by atoms with Gasteiger partial charge in [0, 0.05) is 5.88 Å². The van der Waals surface area contributed by atoms with E-state index in [1.807, 2.05) is 0 Å². The molecule has 0 nitrogen and oxygen atoms in total. The molecule has 0 aromatic carbocycles. The molecule has 0 aliphatic carbocycles. The summed E-state index contributed by atoms with van der Waals surface area (Å²) in [6.07, 6.45) is 0. The highest BCUT2D eigenvalue weighted by Gasteiger charge is 2.12. The molecule has 0 rings (SSSR count). The first-order chi connectivity index (χ1) is 3.18. The molecule has 2 atom stereocenters. The second kappa shape index (κ2) is 3.76. The van der Waals surface area contributed by atoms with E-state index in [1.54, 1.807) is 0 Å². The highest BCUT2D eigenvalue weighted by molar-refractivity contribution is 6.33. The zero-order chi connectivity index (χ0) is 5.86. The first-order valence-corrected chi connectivity index (χ1v) is 3.07. The SMILES string of the molecule is F[C@H](Cl)[C@@H](Cl)CCl. The van der Waals surface area contributed by atoms with Crippen LogP contribution in [-0.4, -0.2) is 16.9 Å². The lowest BCUT2D eigenvalue weighted by Gasteiger charge is -2.00. The minimum atomic E-state index is -1.53. The molecular formula is C3H4Cl3F. The second-order valence-electron chi connectivity index (χ2n) is 1.00. The normalized spacial score (nSPS) is 18.9. The van der Waals surface area contributed by atoms with Crippen LogP contribution in [0.2, 0.25) is 0 Å². The van der Waals surface area contributed by atoms with Gasteiger partial charge in [-0.25, -0.2) is 4.39 Å². The zero-order valence-electron chi connectivity index (χ0n) is 3.37. The summed E-state index contributed by atoms with van der Waals surface area (Å²) in [5.74, 6) is 0.0478. The van der Waals surface area contributed by atoms with Gasteiger partial charge in [-0.2, -0.15) is 0 Å². The summed E-state index contributed by atoms with van der Waals surface area (Å²) in [6, 6.07) is 0. The molecule has 0 aliphatic heterocycles. The second-order valence-corrected chi connectivity index (χ2v) is 2.29. The van der Waals surface area contributed by atoms with Crippen LogP contribution >= 0.6 is 34.8 Å². The highest BCUT2D eigenvalue weighted by Crippen LogP contribution is 2.11. The standard InChI is InChI=1S/C3H4Cl3F/c4-1-2(5)3(6)7/h2-3H,1H2/t2-,3-/m0/s1. The van der Waals surface area contributed by atoms with Crippen LogP contribution in [0.15, 0.2) is 0 Å². The third-order valence-electron chi connectivity index (χ3n) is 0.421. The molecule has 0 saturated heterocycles. The van der Waals surface area contributed by atoms with Crippen LogP contribution in [0.25, 0.3) is 0 Å². The Hall–Kier alpha value is 0.800. The molecule has 0 spiro atoms. The first-order valence-electron chi connectivity index (χ1n) is 1.66. The van der Waals surface area contributed by atoms with Crippen LogP contribution < -0.4 is 0 Å². The maximum Gasteiger partial charge on any atom is 0.190 e. The fourth-order valence-corrected chi connectivity index (χ4v) is 0.404. The molecule has 0 bridgehead atoms. The summed E-state index contributed by atoms with van der Waals surface area (Å²) in [5, 5.41) is -0.761. The quantitative estimate of drug-likeness (QED) is 0.551. The van der Waals surface area contributed by atoms with Crippen molar-refractivity contribution in [2.24, 2.45) is 0 Å². The van der Waals surface area contributed by atoms with Gasteiger partial charge in [0.15, 0.2) is 5.63 Å². The average Bonchev–Trinajstić information content (AvgIpc) is 1.65. The number of hydrogen-bond acceptors (Lipinski definition) is 0. The van der Waals surface area contributed by atoms with Crippen molar-refractivity contribution in [1.29, 1.82) is 0 Å². The molecule has 7 heavy (non-hydrogen) atoms. The van der Waals surface area contributed by atoms with Gasteiger partial charge in [-0.05, 0) is 0 Å². The fraction of sp³-hybridized carbons (Fsp3) is 1.00. The highest BCUT2D eigenvalue weighted by atomic mass is 35.5. The fourth-order valence-electron chi connectivity index (χ4n) is 0.0673. The van der Waals surface area contributed by atoms with Crippen molar-refractivity contribution in [3.8, 4) is 0 Å². The van der Waals surface area contributed by atoms with Gasteiger partial charge in [-0.3, -0.25) is 0 Å². The van der Waals surface area contributed by atoms with Crippen molar-refractivity contribution in [2.45, 2.75) is 11.0 Å². The average molecular weight is 165 g/mol. The van der Waals surface area contributed by atoms with E-state index in [4.69, 9.17) is 34.8 Å². The Labute approximate surface area is 56.5 Å². The summed E-state index contributed by atoms with van der Waals surface area (Å²) in [6.45, 7) is 0. The van der Waals surface area contributed by atoms with E-state index < -0.39 is 11.0 Å².